The topological polar surface area (TPSA) is 41.6 Å². The summed E-state index contributed by atoms with van der Waals surface area (Å²) in [6.45, 7) is 0. The van der Waals surface area contributed by atoms with Gasteiger partial charge in [0.15, 0.2) is 0 Å². The van der Waals surface area contributed by atoms with E-state index in [1.807, 2.05) is 12.3 Å². The average molecular weight is 275 g/mol. The first-order chi connectivity index (χ1) is 9.92. The number of rotatable bonds is 0. The number of aromatic nitrogens is 3. The number of nitrogens with zero attached hydrogens (tertiary/aromatic N) is 2. The van der Waals surface area contributed by atoms with Crippen molar-refractivity contribution in [2.75, 3.05) is 0 Å². The van der Waals surface area contributed by atoms with E-state index in [-0.39, 0.29) is 0 Å². The third-order valence-corrected chi connectivity index (χ3v) is 4.87. The summed E-state index contributed by atoms with van der Waals surface area (Å²) >= 11 is 1.79. The number of hydrogen-bond donors (Lipinski definition) is 1. The fourth-order valence-corrected chi connectivity index (χ4v) is 3.97. The van der Waals surface area contributed by atoms with Crippen molar-refractivity contribution in [1.82, 2.24) is 15.0 Å². The zero-order chi connectivity index (χ0) is 13.1. The zero-order valence-electron chi connectivity index (χ0n) is 10.4. The second-order valence-corrected chi connectivity index (χ2v) is 5.94. The predicted molar refractivity (Wildman–Crippen MR) is 84.3 cm³/mol. The second kappa shape index (κ2) is 3.55. The van der Waals surface area contributed by atoms with Gasteiger partial charge in [0.1, 0.15) is 0 Å². The van der Waals surface area contributed by atoms with Crippen molar-refractivity contribution in [3.8, 4) is 0 Å². The van der Waals surface area contributed by atoms with Gasteiger partial charge in [-0.3, -0.25) is 4.98 Å². The fourth-order valence-electron chi connectivity index (χ4n) is 2.90. The molecule has 5 aromatic rings. The van der Waals surface area contributed by atoms with E-state index in [1.165, 1.54) is 25.6 Å². The molecule has 94 valence electrons. The molecule has 0 saturated carbocycles. The summed E-state index contributed by atoms with van der Waals surface area (Å²) in [4.78, 5) is 12.3. The molecule has 0 aliphatic heterocycles. The normalized spacial score (nSPS) is 12.0. The van der Waals surface area contributed by atoms with Crippen LogP contribution in [0.5, 0.6) is 0 Å². The quantitative estimate of drug-likeness (QED) is 0.453. The highest BCUT2D eigenvalue weighted by Gasteiger charge is 2.12. The van der Waals surface area contributed by atoms with E-state index in [4.69, 9.17) is 0 Å². The number of fused-ring (bicyclic) bond motifs is 7. The summed E-state index contributed by atoms with van der Waals surface area (Å²) < 4.78 is 2.49. The zero-order valence-corrected chi connectivity index (χ0v) is 11.2. The van der Waals surface area contributed by atoms with Crippen molar-refractivity contribution in [2.24, 2.45) is 0 Å². The van der Waals surface area contributed by atoms with Gasteiger partial charge in [-0.1, -0.05) is 12.1 Å². The van der Waals surface area contributed by atoms with E-state index in [9.17, 15) is 0 Å². The monoisotopic (exact) mass is 275 g/mol. The van der Waals surface area contributed by atoms with Crippen LogP contribution in [0, 0.1) is 0 Å². The summed E-state index contributed by atoms with van der Waals surface area (Å²) in [5.41, 5.74) is 3.17. The van der Waals surface area contributed by atoms with Gasteiger partial charge in [-0.15, -0.1) is 11.3 Å². The maximum atomic E-state index is 4.58. The summed E-state index contributed by atoms with van der Waals surface area (Å²) in [6, 6.07) is 12.7. The molecular weight excluding hydrogens is 266 g/mol. The minimum atomic E-state index is 1.03. The highest BCUT2D eigenvalue weighted by atomic mass is 32.1. The third-order valence-electron chi connectivity index (χ3n) is 3.76. The Bertz CT molecular complexity index is 1100. The van der Waals surface area contributed by atoms with Crippen LogP contribution in [0.2, 0.25) is 0 Å². The summed E-state index contributed by atoms with van der Waals surface area (Å²) in [7, 11) is 0. The lowest BCUT2D eigenvalue weighted by atomic mass is 10.0. The van der Waals surface area contributed by atoms with Crippen molar-refractivity contribution in [3.05, 3.63) is 48.9 Å². The molecule has 0 amide bonds. The molecule has 0 fully saturated rings. The van der Waals surface area contributed by atoms with Crippen LogP contribution in [0.1, 0.15) is 0 Å². The van der Waals surface area contributed by atoms with E-state index < -0.39 is 0 Å². The Morgan fingerprint density at radius 1 is 0.850 bits per heavy atom. The number of aromatic amines is 1. The highest BCUT2D eigenvalue weighted by Crippen LogP contribution is 2.39. The van der Waals surface area contributed by atoms with Gasteiger partial charge < -0.3 is 4.98 Å². The van der Waals surface area contributed by atoms with Gasteiger partial charge in [0.05, 0.1) is 27.6 Å². The van der Waals surface area contributed by atoms with Crippen molar-refractivity contribution < 1.29 is 0 Å². The predicted octanol–water partition coefficient (Wildman–Crippen LogP) is 4.48. The van der Waals surface area contributed by atoms with Crippen LogP contribution in [0.4, 0.5) is 0 Å². The first-order valence-electron chi connectivity index (χ1n) is 6.44. The van der Waals surface area contributed by atoms with Crippen molar-refractivity contribution in [3.63, 3.8) is 0 Å². The highest BCUT2D eigenvalue weighted by molar-refractivity contribution is 7.26. The first kappa shape index (κ1) is 10.3. The molecule has 0 aliphatic carbocycles. The molecule has 0 spiro atoms. The number of imidazole rings is 1. The summed E-state index contributed by atoms with van der Waals surface area (Å²) in [5, 5.41) is 3.63. The molecule has 3 aromatic heterocycles. The van der Waals surface area contributed by atoms with E-state index in [1.54, 1.807) is 17.7 Å². The number of benzene rings is 2. The largest absolute Gasteiger partial charge is 0.345 e. The smallest absolute Gasteiger partial charge is 0.0968 e. The van der Waals surface area contributed by atoms with Crippen molar-refractivity contribution >= 4 is 53.4 Å². The number of pyridine rings is 1. The molecule has 2 aromatic carbocycles. The Morgan fingerprint density at radius 3 is 2.80 bits per heavy atom. The summed E-state index contributed by atoms with van der Waals surface area (Å²) in [5.74, 6) is 0. The molecule has 0 aliphatic rings. The minimum absolute atomic E-state index is 1.03. The van der Waals surface area contributed by atoms with E-state index in [0.29, 0.717) is 0 Å². The van der Waals surface area contributed by atoms with E-state index in [0.717, 1.165) is 16.6 Å². The molecular formula is C16H9N3S. The van der Waals surface area contributed by atoms with Gasteiger partial charge in [0.25, 0.3) is 0 Å². The molecule has 0 unspecified atom stereocenters. The second-order valence-electron chi connectivity index (χ2n) is 4.85. The van der Waals surface area contributed by atoms with Crippen LogP contribution >= 0.6 is 11.3 Å². The SMILES string of the molecule is c1cnc2c(c1)sc1ccc3ccc4[nH]cnc4c3c12. The molecule has 3 nitrogen and oxygen atoms in total. The van der Waals surface area contributed by atoms with E-state index >= 15 is 0 Å². The van der Waals surface area contributed by atoms with Crippen molar-refractivity contribution in [1.29, 1.82) is 0 Å². The van der Waals surface area contributed by atoms with Gasteiger partial charge in [-0.2, -0.15) is 0 Å². The lowest BCUT2D eigenvalue weighted by Crippen LogP contribution is -1.79. The standard InChI is InChI=1S/C16H9N3S/c1-2-12-16(17-7-1)14-11(20-12)6-4-9-3-5-10-15(13(9)14)19-8-18-10/h1-8H,(H,18,19). The number of nitrogens with one attached hydrogen (secondary N) is 1. The van der Waals surface area contributed by atoms with Gasteiger partial charge >= 0.3 is 0 Å². The molecule has 0 bridgehead atoms. The first-order valence-corrected chi connectivity index (χ1v) is 7.25. The third kappa shape index (κ3) is 1.19. The Balaban J connectivity index is 2.21. The molecule has 3 heterocycles. The summed E-state index contributed by atoms with van der Waals surface area (Å²) in [6.07, 6.45) is 3.61. The Morgan fingerprint density at radius 2 is 1.80 bits per heavy atom. The number of H-pyrrole nitrogens is 1. The van der Waals surface area contributed by atoms with Gasteiger partial charge in [0.2, 0.25) is 0 Å². The van der Waals surface area contributed by atoms with Crippen LogP contribution in [0.15, 0.2) is 48.9 Å². The lowest BCUT2D eigenvalue weighted by molar-refractivity contribution is 1.35. The Kier molecular flexibility index (Phi) is 1.84. The molecule has 4 heteroatoms. The molecule has 20 heavy (non-hydrogen) atoms. The average Bonchev–Trinajstić information content (AvgIpc) is 3.10. The lowest BCUT2D eigenvalue weighted by Gasteiger charge is -2.01. The molecule has 0 saturated heterocycles. The number of thiophene rings is 1. The maximum Gasteiger partial charge on any atom is 0.0968 e. The maximum absolute atomic E-state index is 4.58. The van der Waals surface area contributed by atoms with Gasteiger partial charge in [-0.05, 0) is 29.7 Å². The van der Waals surface area contributed by atoms with E-state index in [2.05, 4.69) is 45.3 Å². The van der Waals surface area contributed by atoms with Crippen LogP contribution in [-0.4, -0.2) is 15.0 Å². The van der Waals surface area contributed by atoms with Gasteiger partial charge in [-0.25, -0.2) is 4.98 Å². The van der Waals surface area contributed by atoms with Crippen LogP contribution in [0.3, 0.4) is 0 Å². The molecule has 5 rings (SSSR count). The molecule has 0 radical (unpaired) electrons. The fraction of sp³-hybridized carbons (Fsp3) is 0. The Hall–Kier alpha value is -2.46. The van der Waals surface area contributed by atoms with Crippen LogP contribution < -0.4 is 0 Å². The molecule has 0 atom stereocenters. The number of hydrogen-bond acceptors (Lipinski definition) is 3. The molecule has 1 N–H and O–H groups in total. The van der Waals surface area contributed by atoms with Crippen LogP contribution in [-0.2, 0) is 0 Å². The van der Waals surface area contributed by atoms with Crippen LogP contribution in [0.25, 0.3) is 42.1 Å². The van der Waals surface area contributed by atoms with Crippen molar-refractivity contribution in [2.45, 2.75) is 0 Å². The minimum Gasteiger partial charge on any atom is -0.345 e. The van der Waals surface area contributed by atoms with Gasteiger partial charge in [0, 0.05) is 21.7 Å². The Labute approximate surface area is 117 Å².